The van der Waals surface area contributed by atoms with Gasteiger partial charge in [0.05, 0.1) is 16.9 Å². The Labute approximate surface area is 191 Å². The Balaban J connectivity index is 1.47. The summed E-state index contributed by atoms with van der Waals surface area (Å²) in [6.45, 7) is 5.20. The lowest BCUT2D eigenvalue weighted by molar-refractivity contribution is -0.116. The van der Waals surface area contributed by atoms with Gasteiger partial charge in [-0.05, 0) is 63.5 Å². The van der Waals surface area contributed by atoms with Gasteiger partial charge in [-0.15, -0.1) is 11.3 Å². The largest absolute Gasteiger partial charge is 0.325 e. The van der Waals surface area contributed by atoms with Crippen LogP contribution < -0.4 is 10.9 Å². The molecule has 1 fully saturated rings. The van der Waals surface area contributed by atoms with Crippen molar-refractivity contribution < 1.29 is 4.79 Å². The SMILES string of the molecule is CCc1[nH]c(=O)c(-c2csc(-c3ccncc3)n2)cc1NC(=O)CCCN1CCCCC1. The summed E-state index contributed by atoms with van der Waals surface area (Å²) in [5, 5.41) is 5.71. The highest BCUT2D eigenvalue weighted by molar-refractivity contribution is 7.13. The summed E-state index contributed by atoms with van der Waals surface area (Å²) >= 11 is 1.48. The van der Waals surface area contributed by atoms with Gasteiger partial charge in [0, 0.05) is 35.5 Å². The molecule has 4 heterocycles. The number of hydrogen-bond acceptors (Lipinski definition) is 6. The third-order valence-corrected chi connectivity index (χ3v) is 6.68. The molecule has 8 heteroatoms. The van der Waals surface area contributed by atoms with E-state index in [2.05, 4.69) is 25.2 Å². The van der Waals surface area contributed by atoms with Crippen LogP contribution in [0.5, 0.6) is 0 Å². The lowest BCUT2D eigenvalue weighted by atomic mass is 10.1. The Bertz CT molecular complexity index is 1100. The van der Waals surface area contributed by atoms with Gasteiger partial charge in [0.2, 0.25) is 5.91 Å². The normalized spacial score (nSPS) is 14.4. The lowest BCUT2D eigenvalue weighted by Crippen LogP contribution is -2.31. The molecule has 4 rings (SSSR count). The van der Waals surface area contributed by atoms with Gasteiger partial charge in [0.1, 0.15) is 5.01 Å². The predicted octanol–water partition coefficient (Wildman–Crippen LogP) is 4.33. The van der Waals surface area contributed by atoms with Crippen LogP contribution in [0, 0.1) is 0 Å². The Kier molecular flexibility index (Phi) is 7.44. The fourth-order valence-electron chi connectivity index (χ4n) is 4.03. The molecule has 0 aliphatic carbocycles. The molecule has 0 unspecified atom stereocenters. The first-order valence-electron chi connectivity index (χ1n) is 11.3. The first-order valence-corrected chi connectivity index (χ1v) is 12.2. The zero-order valence-corrected chi connectivity index (χ0v) is 19.2. The van der Waals surface area contributed by atoms with Crippen LogP contribution in [0.3, 0.4) is 0 Å². The molecule has 0 aromatic carbocycles. The van der Waals surface area contributed by atoms with Crippen molar-refractivity contribution in [2.24, 2.45) is 0 Å². The van der Waals surface area contributed by atoms with E-state index >= 15 is 0 Å². The van der Waals surface area contributed by atoms with E-state index in [0.29, 0.717) is 29.8 Å². The average molecular weight is 452 g/mol. The van der Waals surface area contributed by atoms with E-state index in [1.165, 1.54) is 30.6 Å². The molecule has 0 radical (unpaired) electrons. The van der Waals surface area contributed by atoms with E-state index in [1.54, 1.807) is 18.5 Å². The standard InChI is InChI=1S/C24H29N5O2S/c1-2-19-20(26-22(30)7-6-14-29-12-4-3-5-13-29)15-18(23(31)27-19)21-16-32-24(28-21)17-8-10-25-11-9-17/h8-11,15-16H,2-7,12-14H2,1H3,(H,26,30)(H,27,31). The van der Waals surface area contributed by atoms with Gasteiger partial charge in [-0.2, -0.15) is 0 Å². The lowest BCUT2D eigenvalue weighted by Gasteiger charge is -2.26. The molecular weight excluding hydrogens is 422 g/mol. The van der Waals surface area contributed by atoms with E-state index in [4.69, 9.17) is 0 Å². The number of pyridine rings is 2. The molecule has 0 atom stereocenters. The van der Waals surface area contributed by atoms with E-state index in [1.807, 2.05) is 24.4 Å². The number of hydrogen-bond donors (Lipinski definition) is 2. The number of rotatable bonds is 8. The smallest absolute Gasteiger partial charge is 0.257 e. The van der Waals surface area contributed by atoms with Crippen LogP contribution in [0.4, 0.5) is 5.69 Å². The molecule has 2 N–H and O–H groups in total. The predicted molar refractivity (Wildman–Crippen MR) is 129 cm³/mol. The van der Waals surface area contributed by atoms with Crippen molar-refractivity contribution >= 4 is 22.9 Å². The summed E-state index contributed by atoms with van der Waals surface area (Å²) < 4.78 is 0. The average Bonchev–Trinajstić information content (AvgIpc) is 3.31. The number of nitrogens with zero attached hydrogens (tertiary/aromatic N) is 3. The van der Waals surface area contributed by atoms with E-state index < -0.39 is 0 Å². The van der Waals surface area contributed by atoms with Crippen molar-refractivity contribution in [2.45, 2.75) is 45.4 Å². The molecule has 32 heavy (non-hydrogen) atoms. The maximum absolute atomic E-state index is 12.7. The molecule has 3 aromatic heterocycles. The van der Waals surface area contributed by atoms with Gasteiger partial charge in [-0.3, -0.25) is 14.6 Å². The Morgan fingerprint density at radius 2 is 2.00 bits per heavy atom. The second-order valence-corrected chi connectivity index (χ2v) is 8.94. The summed E-state index contributed by atoms with van der Waals surface area (Å²) in [6, 6.07) is 5.54. The summed E-state index contributed by atoms with van der Waals surface area (Å²) in [5.41, 5.74) is 3.21. The number of aromatic nitrogens is 3. The molecule has 0 bridgehead atoms. The van der Waals surface area contributed by atoms with Gasteiger partial charge < -0.3 is 15.2 Å². The van der Waals surface area contributed by atoms with Gasteiger partial charge in [-0.1, -0.05) is 13.3 Å². The fraction of sp³-hybridized carbons (Fsp3) is 0.417. The number of nitrogens with one attached hydrogen (secondary N) is 2. The quantitative estimate of drug-likeness (QED) is 0.532. The second-order valence-electron chi connectivity index (χ2n) is 8.09. The van der Waals surface area contributed by atoms with Crippen LogP contribution in [-0.2, 0) is 11.2 Å². The zero-order valence-electron chi connectivity index (χ0n) is 18.4. The van der Waals surface area contributed by atoms with Crippen molar-refractivity contribution in [1.29, 1.82) is 0 Å². The van der Waals surface area contributed by atoms with Crippen molar-refractivity contribution in [3.05, 3.63) is 52.0 Å². The Hall–Kier alpha value is -2.84. The van der Waals surface area contributed by atoms with Crippen molar-refractivity contribution in [3.8, 4) is 21.8 Å². The van der Waals surface area contributed by atoms with Crippen LogP contribution in [0.25, 0.3) is 21.8 Å². The van der Waals surface area contributed by atoms with Gasteiger partial charge >= 0.3 is 0 Å². The summed E-state index contributed by atoms with van der Waals surface area (Å²) in [6.07, 6.45) is 9.20. The number of H-pyrrole nitrogens is 1. The monoisotopic (exact) mass is 451 g/mol. The number of thiazole rings is 1. The highest BCUT2D eigenvalue weighted by atomic mass is 32.1. The number of piperidine rings is 1. The molecule has 0 spiro atoms. The molecule has 168 valence electrons. The summed E-state index contributed by atoms with van der Waals surface area (Å²) in [5.74, 6) is -0.0227. The third kappa shape index (κ3) is 5.49. The molecule has 0 saturated carbocycles. The number of aryl methyl sites for hydroxylation is 1. The minimum Gasteiger partial charge on any atom is -0.325 e. The Morgan fingerprint density at radius 3 is 2.75 bits per heavy atom. The van der Waals surface area contributed by atoms with Crippen LogP contribution in [0.2, 0.25) is 0 Å². The number of likely N-dealkylation sites (tertiary alicyclic amines) is 1. The maximum Gasteiger partial charge on any atom is 0.257 e. The first-order chi connectivity index (χ1) is 15.6. The number of amides is 1. The zero-order chi connectivity index (χ0) is 22.3. The minimum absolute atomic E-state index is 0.0227. The third-order valence-electron chi connectivity index (χ3n) is 5.78. The molecule has 1 saturated heterocycles. The van der Waals surface area contributed by atoms with Crippen LogP contribution >= 0.6 is 11.3 Å². The van der Waals surface area contributed by atoms with Crippen LogP contribution in [-0.4, -0.2) is 45.4 Å². The van der Waals surface area contributed by atoms with Gasteiger partial charge in [0.25, 0.3) is 5.56 Å². The van der Waals surface area contributed by atoms with Crippen molar-refractivity contribution in [3.63, 3.8) is 0 Å². The first kappa shape index (κ1) is 22.4. The topological polar surface area (TPSA) is 91.0 Å². The van der Waals surface area contributed by atoms with Crippen LogP contribution in [0.15, 0.2) is 40.8 Å². The van der Waals surface area contributed by atoms with E-state index in [-0.39, 0.29) is 11.5 Å². The minimum atomic E-state index is -0.198. The molecule has 1 aliphatic rings. The number of carbonyl (C=O) groups excluding carboxylic acids is 1. The molecule has 7 nitrogen and oxygen atoms in total. The fourth-order valence-corrected chi connectivity index (χ4v) is 4.86. The molecule has 1 aliphatic heterocycles. The number of aromatic amines is 1. The van der Waals surface area contributed by atoms with Gasteiger partial charge in [0.15, 0.2) is 0 Å². The van der Waals surface area contributed by atoms with E-state index in [0.717, 1.165) is 42.3 Å². The highest BCUT2D eigenvalue weighted by Crippen LogP contribution is 2.28. The maximum atomic E-state index is 12.7. The van der Waals surface area contributed by atoms with Crippen molar-refractivity contribution in [1.82, 2.24) is 19.9 Å². The van der Waals surface area contributed by atoms with Gasteiger partial charge in [-0.25, -0.2) is 4.98 Å². The summed E-state index contributed by atoms with van der Waals surface area (Å²) in [4.78, 5) is 39.4. The Morgan fingerprint density at radius 1 is 1.22 bits per heavy atom. The number of carbonyl (C=O) groups is 1. The number of anilines is 1. The summed E-state index contributed by atoms with van der Waals surface area (Å²) in [7, 11) is 0. The molecule has 1 amide bonds. The van der Waals surface area contributed by atoms with Crippen molar-refractivity contribution in [2.75, 3.05) is 25.0 Å². The second kappa shape index (κ2) is 10.7. The molecule has 3 aromatic rings. The molecular formula is C24H29N5O2S. The van der Waals surface area contributed by atoms with E-state index in [9.17, 15) is 9.59 Å². The van der Waals surface area contributed by atoms with Crippen LogP contribution in [0.1, 0.15) is 44.7 Å². The highest BCUT2D eigenvalue weighted by Gasteiger charge is 2.15.